The van der Waals surface area contributed by atoms with Crippen molar-refractivity contribution < 1.29 is 38.6 Å². The van der Waals surface area contributed by atoms with E-state index in [4.69, 9.17) is 25.2 Å². The second kappa shape index (κ2) is 15.0. The maximum absolute atomic E-state index is 13.0. The van der Waals surface area contributed by atoms with Crippen molar-refractivity contribution in [2.75, 3.05) is 39.4 Å². The van der Waals surface area contributed by atoms with Crippen LogP contribution in [0, 0.1) is 11.8 Å². The summed E-state index contributed by atoms with van der Waals surface area (Å²) in [5, 5.41) is 11.7. The summed E-state index contributed by atoms with van der Waals surface area (Å²) in [6, 6.07) is 6.36. The molecule has 2 aliphatic rings. The molecule has 1 unspecified atom stereocenters. The summed E-state index contributed by atoms with van der Waals surface area (Å²) in [4.78, 5) is 53.7. The number of nitrogens with zero attached hydrogens (tertiary/aromatic N) is 3. The van der Waals surface area contributed by atoms with Gasteiger partial charge in [0.25, 0.3) is 0 Å². The third-order valence-corrected chi connectivity index (χ3v) is 7.36. The van der Waals surface area contributed by atoms with E-state index in [0.717, 1.165) is 12.8 Å². The van der Waals surface area contributed by atoms with E-state index in [2.05, 4.69) is 5.16 Å². The fourth-order valence-corrected chi connectivity index (χ4v) is 5.05. The lowest BCUT2D eigenvalue weighted by Crippen LogP contribution is -2.44. The zero-order chi connectivity index (χ0) is 30.9. The van der Waals surface area contributed by atoms with Gasteiger partial charge in [0.1, 0.15) is 12.2 Å². The van der Waals surface area contributed by atoms with Crippen LogP contribution in [0.3, 0.4) is 0 Å². The Hall–Kier alpha value is -3.67. The molecule has 0 aliphatic carbocycles. The van der Waals surface area contributed by atoms with Crippen molar-refractivity contribution in [3.63, 3.8) is 0 Å². The van der Waals surface area contributed by atoms with E-state index in [1.807, 2.05) is 20.8 Å². The molecule has 12 nitrogen and oxygen atoms in total. The number of esters is 1. The molecule has 232 valence electrons. The molecule has 3 N–H and O–H groups in total. The van der Waals surface area contributed by atoms with Gasteiger partial charge in [-0.15, -0.1) is 0 Å². The number of hydrogen-bond acceptors (Lipinski definition) is 9. The predicted molar refractivity (Wildman–Crippen MR) is 154 cm³/mol. The lowest BCUT2D eigenvalue weighted by Gasteiger charge is -2.34. The smallest absolute Gasteiger partial charge is 0.410 e. The number of oxime groups is 1. The highest BCUT2D eigenvalue weighted by molar-refractivity contribution is 6.01. The van der Waals surface area contributed by atoms with Crippen LogP contribution in [0.2, 0.25) is 0 Å². The largest absolute Gasteiger partial charge is 0.464 e. The Bertz CT molecular complexity index is 1120. The second-order valence-electron chi connectivity index (χ2n) is 12.0. The lowest BCUT2D eigenvalue weighted by atomic mass is 9.96. The molecule has 42 heavy (non-hydrogen) atoms. The number of nitrogens with two attached hydrogens (primary N) is 1. The monoisotopic (exact) mass is 588 g/mol. The standard InChI is InChI=1S/C30H44N4O8/c1-20(16-25(35)22-7-9-23(10-8-22)27(31)32-39)28(37)33-14-11-24(12-15-33)40-19-26(36)41-18-21-6-5-13-34(17-21)29(38)42-30(2,3)4/h7-10,20-21,24,39H,5-6,11-19H2,1-4H3,(H2,31,32)/t20-,21?/m1/s1. The summed E-state index contributed by atoms with van der Waals surface area (Å²) in [6.45, 7) is 9.36. The number of Topliss-reactive ketones (excluding diaryl/α,β-unsaturated/α-hetero) is 1. The van der Waals surface area contributed by atoms with Crippen LogP contribution >= 0.6 is 0 Å². The molecule has 0 saturated carbocycles. The van der Waals surface area contributed by atoms with Crippen molar-refractivity contribution in [1.82, 2.24) is 9.80 Å². The Morgan fingerprint density at radius 3 is 2.29 bits per heavy atom. The number of ether oxygens (including phenoxy) is 3. The summed E-state index contributed by atoms with van der Waals surface area (Å²) in [7, 11) is 0. The molecule has 0 bridgehead atoms. The van der Waals surface area contributed by atoms with Crippen LogP contribution in [0.25, 0.3) is 0 Å². The van der Waals surface area contributed by atoms with Crippen LogP contribution in [0.5, 0.6) is 0 Å². The minimum Gasteiger partial charge on any atom is -0.464 e. The van der Waals surface area contributed by atoms with Gasteiger partial charge in [-0.05, 0) is 46.5 Å². The molecule has 3 rings (SSSR count). The minimum atomic E-state index is -0.559. The number of carbonyl (C=O) groups is 4. The number of likely N-dealkylation sites (tertiary alicyclic amines) is 2. The van der Waals surface area contributed by atoms with E-state index in [1.165, 1.54) is 0 Å². The van der Waals surface area contributed by atoms with Crippen LogP contribution in [0.4, 0.5) is 4.79 Å². The Morgan fingerprint density at radius 2 is 1.67 bits per heavy atom. The molecular formula is C30H44N4O8. The average molecular weight is 589 g/mol. The zero-order valence-corrected chi connectivity index (χ0v) is 25.0. The number of piperidine rings is 2. The Morgan fingerprint density at radius 1 is 1.02 bits per heavy atom. The third-order valence-electron chi connectivity index (χ3n) is 7.36. The molecule has 2 amide bonds. The summed E-state index contributed by atoms with van der Waals surface area (Å²) in [6.07, 6.45) is 2.42. The number of amides is 2. The van der Waals surface area contributed by atoms with E-state index in [9.17, 15) is 19.2 Å². The number of amidine groups is 1. The molecule has 1 aromatic rings. The van der Waals surface area contributed by atoms with E-state index >= 15 is 0 Å². The number of carbonyl (C=O) groups excluding carboxylic acids is 4. The SMILES string of the molecule is C[C@H](CC(=O)c1ccc(/C(N)=N/O)cc1)C(=O)N1CCC(OCC(=O)OCC2CCCN(C(=O)OC(C)(C)C)C2)CC1. The van der Waals surface area contributed by atoms with Gasteiger partial charge in [0.2, 0.25) is 5.91 Å². The molecule has 2 saturated heterocycles. The van der Waals surface area contributed by atoms with Gasteiger partial charge in [0, 0.05) is 55.6 Å². The molecule has 2 aliphatic heterocycles. The number of hydrogen-bond donors (Lipinski definition) is 2. The molecule has 12 heteroatoms. The molecule has 2 fully saturated rings. The maximum Gasteiger partial charge on any atom is 0.410 e. The van der Waals surface area contributed by atoms with Crippen LogP contribution in [0.1, 0.15) is 75.7 Å². The van der Waals surface area contributed by atoms with Gasteiger partial charge < -0.3 is 35.0 Å². The van der Waals surface area contributed by atoms with E-state index in [1.54, 1.807) is 41.0 Å². The number of rotatable bonds is 10. The topological polar surface area (TPSA) is 161 Å². The van der Waals surface area contributed by atoms with E-state index in [0.29, 0.717) is 50.1 Å². The fourth-order valence-electron chi connectivity index (χ4n) is 5.05. The molecule has 0 radical (unpaired) electrons. The minimum absolute atomic E-state index is 0.0468. The summed E-state index contributed by atoms with van der Waals surface area (Å²) in [5.41, 5.74) is 5.94. The Kier molecular flexibility index (Phi) is 11.7. The summed E-state index contributed by atoms with van der Waals surface area (Å²) in [5.74, 6) is -1.19. The Balaban J connectivity index is 1.34. The molecule has 2 atom stereocenters. The highest BCUT2D eigenvalue weighted by atomic mass is 16.6. The first-order valence-electron chi connectivity index (χ1n) is 14.5. The molecule has 1 aromatic carbocycles. The van der Waals surface area contributed by atoms with Crippen molar-refractivity contribution in [2.45, 2.75) is 71.5 Å². The van der Waals surface area contributed by atoms with Crippen molar-refractivity contribution in [1.29, 1.82) is 0 Å². The first-order valence-corrected chi connectivity index (χ1v) is 14.5. The zero-order valence-electron chi connectivity index (χ0n) is 25.0. The highest BCUT2D eigenvalue weighted by Crippen LogP contribution is 2.21. The Labute approximate surface area is 247 Å². The van der Waals surface area contributed by atoms with Crippen molar-refractivity contribution in [2.24, 2.45) is 22.7 Å². The molecule has 0 spiro atoms. The van der Waals surface area contributed by atoms with Gasteiger partial charge in [-0.1, -0.05) is 36.3 Å². The molecule has 2 heterocycles. The molecular weight excluding hydrogens is 544 g/mol. The molecule has 0 aromatic heterocycles. The average Bonchev–Trinajstić information content (AvgIpc) is 2.97. The van der Waals surface area contributed by atoms with Crippen molar-refractivity contribution in [3.05, 3.63) is 35.4 Å². The van der Waals surface area contributed by atoms with Crippen LogP contribution in [-0.2, 0) is 23.8 Å². The summed E-state index contributed by atoms with van der Waals surface area (Å²) >= 11 is 0. The lowest BCUT2D eigenvalue weighted by molar-refractivity contribution is -0.155. The van der Waals surface area contributed by atoms with E-state index < -0.39 is 17.5 Å². The van der Waals surface area contributed by atoms with Gasteiger partial charge in [0.15, 0.2) is 11.6 Å². The van der Waals surface area contributed by atoms with Gasteiger partial charge in [-0.3, -0.25) is 9.59 Å². The van der Waals surface area contributed by atoms with Crippen molar-refractivity contribution >= 4 is 29.6 Å². The number of benzene rings is 1. The van der Waals surface area contributed by atoms with Gasteiger partial charge in [-0.2, -0.15) is 0 Å². The normalized spacial score (nSPS) is 19.2. The highest BCUT2D eigenvalue weighted by Gasteiger charge is 2.30. The maximum atomic E-state index is 13.0. The van der Waals surface area contributed by atoms with Gasteiger partial charge in [-0.25, -0.2) is 9.59 Å². The first-order chi connectivity index (χ1) is 19.9. The van der Waals surface area contributed by atoms with Crippen LogP contribution in [0.15, 0.2) is 29.4 Å². The van der Waals surface area contributed by atoms with Crippen LogP contribution < -0.4 is 5.73 Å². The predicted octanol–water partition coefficient (Wildman–Crippen LogP) is 3.19. The van der Waals surface area contributed by atoms with Crippen molar-refractivity contribution in [3.8, 4) is 0 Å². The third kappa shape index (κ3) is 10.0. The second-order valence-corrected chi connectivity index (χ2v) is 12.0. The van der Waals surface area contributed by atoms with Crippen LogP contribution in [-0.4, -0.2) is 95.7 Å². The quantitative estimate of drug-likeness (QED) is 0.104. The fraction of sp³-hybridized carbons (Fsp3) is 0.633. The van der Waals surface area contributed by atoms with E-state index in [-0.39, 0.29) is 55.3 Å². The summed E-state index contributed by atoms with van der Waals surface area (Å²) < 4.78 is 16.6. The van der Waals surface area contributed by atoms with Gasteiger partial charge in [0.05, 0.1) is 12.7 Å². The number of ketones is 1. The first kappa shape index (κ1) is 32.8. The van der Waals surface area contributed by atoms with Gasteiger partial charge >= 0.3 is 12.1 Å².